The Kier molecular flexibility index (Phi) is 8.18. The molecule has 0 unspecified atom stereocenters. The number of methoxy groups -OCH3 is 3. The fourth-order valence-electron chi connectivity index (χ4n) is 4.57. The van der Waals surface area contributed by atoms with Crippen LogP contribution in [0.25, 0.3) is 0 Å². The average Bonchev–Trinajstić information content (AvgIpc) is 2.92. The number of carbonyl (C=O) groups is 1. The van der Waals surface area contributed by atoms with Crippen molar-refractivity contribution in [2.24, 2.45) is 0 Å². The van der Waals surface area contributed by atoms with E-state index in [9.17, 15) is 4.79 Å². The standard InChI is InChI=1S/C29H32N2O5S/c1-18-6-11-24(19(2)14-18)30-29(37)31-13-12-21-15-26(33-3)27(34-4)16-23(21)25(31)17-36-22-9-7-20(8-10-22)28(32)35-5/h6-11,14-16,25H,12-13,17H2,1-5H3,(H,30,37)/t25-/m1/s1. The summed E-state index contributed by atoms with van der Waals surface area (Å²) in [6.07, 6.45) is 0.800. The molecule has 0 fully saturated rings. The molecule has 194 valence electrons. The van der Waals surface area contributed by atoms with Crippen molar-refractivity contribution in [3.8, 4) is 17.2 Å². The zero-order chi connectivity index (χ0) is 26.5. The molecular weight excluding hydrogens is 488 g/mol. The monoisotopic (exact) mass is 520 g/mol. The number of nitrogens with one attached hydrogen (secondary N) is 1. The van der Waals surface area contributed by atoms with E-state index < -0.39 is 0 Å². The first-order valence-electron chi connectivity index (χ1n) is 12.1. The van der Waals surface area contributed by atoms with Gasteiger partial charge >= 0.3 is 5.97 Å². The van der Waals surface area contributed by atoms with E-state index in [1.165, 1.54) is 12.7 Å². The van der Waals surface area contributed by atoms with Crippen LogP contribution < -0.4 is 19.5 Å². The lowest BCUT2D eigenvalue weighted by Crippen LogP contribution is -2.44. The molecule has 0 saturated carbocycles. The predicted molar refractivity (Wildman–Crippen MR) is 148 cm³/mol. The zero-order valence-electron chi connectivity index (χ0n) is 21.8. The van der Waals surface area contributed by atoms with E-state index in [4.69, 9.17) is 31.2 Å². The summed E-state index contributed by atoms with van der Waals surface area (Å²) in [5.41, 5.74) is 6.01. The molecule has 0 bridgehead atoms. The highest BCUT2D eigenvalue weighted by Gasteiger charge is 2.31. The number of hydrogen-bond donors (Lipinski definition) is 1. The molecule has 1 N–H and O–H groups in total. The van der Waals surface area contributed by atoms with Gasteiger partial charge in [-0.05, 0) is 91.6 Å². The van der Waals surface area contributed by atoms with Crippen LogP contribution in [-0.4, -0.2) is 50.5 Å². The maximum Gasteiger partial charge on any atom is 0.337 e. The highest BCUT2D eigenvalue weighted by Crippen LogP contribution is 2.39. The molecule has 0 spiro atoms. The molecule has 3 aromatic carbocycles. The number of fused-ring (bicyclic) bond motifs is 1. The topological polar surface area (TPSA) is 69.3 Å². The van der Waals surface area contributed by atoms with Crippen LogP contribution in [0.15, 0.2) is 54.6 Å². The molecule has 0 aliphatic carbocycles. The number of nitrogens with zero attached hydrogens (tertiary/aromatic N) is 1. The van der Waals surface area contributed by atoms with Crippen molar-refractivity contribution in [1.82, 2.24) is 4.90 Å². The molecule has 0 radical (unpaired) electrons. The Morgan fingerprint density at radius 2 is 1.70 bits per heavy atom. The Morgan fingerprint density at radius 1 is 1.00 bits per heavy atom. The summed E-state index contributed by atoms with van der Waals surface area (Å²) < 4.78 is 22.1. The molecule has 0 amide bonds. The summed E-state index contributed by atoms with van der Waals surface area (Å²) in [7, 11) is 4.63. The number of aryl methyl sites for hydroxylation is 2. The highest BCUT2D eigenvalue weighted by atomic mass is 32.1. The summed E-state index contributed by atoms with van der Waals surface area (Å²) >= 11 is 5.91. The van der Waals surface area contributed by atoms with Gasteiger partial charge in [-0.25, -0.2) is 4.79 Å². The minimum atomic E-state index is -0.386. The molecule has 1 heterocycles. The Balaban J connectivity index is 1.63. The van der Waals surface area contributed by atoms with Gasteiger partial charge in [-0.15, -0.1) is 0 Å². The van der Waals surface area contributed by atoms with E-state index in [0.717, 1.165) is 28.8 Å². The van der Waals surface area contributed by atoms with Gasteiger partial charge < -0.3 is 29.2 Å². The number of hydrogen-bond acceptors (Lipinski definition) is 6. The summed E-state index contributed by atoms with van der Waals surface area (Å²) in [5.74, 6) is 1.61. The second-order valence-corrected chi connectivity index (χ2v) is 9.33. The minimum absolute atomic E-state index is 0.172. The molecule has 3 aromatic rings. The second-order valence-electron chi connectivity index (χ2n) is 8.94. The van der Waals surface area contributed by atoms with Crippen molar-refractivity contribution in [3.63, 3.8) is 0 Å². The van der Waals surface area contributed by atoms with Crippen LogP contribution in [0.2, 0.25) is 0 Å². The van der Waals surface area contributed by atoms with E-state index in [1.807, 2.05) is 12.1 Å². The van der Waals surface area contributed by atoms with E-state index in [-0.39, 0.29) is 12.0 Å². The van der Waals surface area contributed by atoms with Crippen LogP contribution in [-0.2, 0) is 11.2 Å². The Bertz CT molecular complexity index is 1290. The van der Waals surface area contributed by atoms with Crippen molar-refractivity contribution in [3.05, 3.63) is 82.4 Å². The first kappa shape index (κ1) is 26.3. The normalized spacial score (nSPS) is 14.4. The smallest absolute Gasteiger partial charge is 0.337 e. The number of esters is 1. The number of benzene rings is 3. The molecule has 8 heteroatoms. The van der Waals surface area contributed by atoms with Gasteiger partial charge in [0.25, 0.3) is 0 Å². The highest BCUT2D eigenvalue weighted by molar-refractivity contribution is 7.80. The maximum atomic E-state index is 11.8. The fraction of sp³-hybridized carbons (Fsp3) is 0.310. The Labute approximate surface area is 223 Å². The maximum absolute atomic E-state index is 11.8. The van der Waals surface area contributed by atoms with Crippen molar-refractivity contribution in [1.29, 1.82) is 0 Å². The molecule has 37 heavy (non-hydrogen) atoms. The quantitative estimate of drug-likeness (QED) is 0.324. The third-order valence-corrected chi connectivity index (χ3v) is 6.91. The number of rotatable bonds is 7. The number of anilines is 1. The van der Waals surface area contributed by atoms with E-state index in [0.29, 0.717) is 41.1 Å². The van der Waals surface area contributed by atoms with Gasteiger partial charge in [0, 0.05) is 12.2 Å². The van der Waals surface area contributed by atoms with E-state index >= 15 is 0 Å². The van der Waals surface area contributed by atoms with Crippen LogP contribution in [0.1, 0.15) is 38.7 Å². The van der Waals surface area contributed by atoms with Crippen molar-refractivity contribution >= 4 is 29.0 Å². The average molecular weight is 521 g/mol. The van der Waals surface area contributed by atoms with Crippen LogP contribution in [0, 0.1) is 13.8 Å². The van der Waals surface area contributed by atoms with E-state index in [1.54, 1.807) is 38.5 Å². The Morgan fingerprint density at radius 3 is 2.35 bits per heavy atom. The van der Waals surface area contributed by atoms with Crippen molar-refractivity contribution < 1.29 is 23.7 Å². The van der Waals surface area contributed by atoms with Gasteiger partial charge in [0.15, 0.2) is 16.6 Å². The zero-order valence-corrected chi connectivity index (χ0v) is 22.6. The number of thiocarbonyl (C=S) groups is 1. The number of carbonyl (C=O) groups excluding carboxylic acids is 1. The summed E-state index contributed by atoms with van der Waals surface area (Å²) in [4.78, 5) is 13.9. The van der Waals surface area contributed by atoms with Crippen LogP contribution in [0.5, 0.6) is 17.2 Å². The molecular formula is C29H32N2O5S. The van der Waals surface area contributed by atoms with Crippen molar-refractivity contribution in [2.75, 3.05) is 39.8 Å². The summed E-state index contributed by atoms with van der Waals surface area (Å²) in [6, 6.07) is 17.0. The third kappa shape index (κ3) is 5.80. The molecule has 0 saturated heterocycles. The first-order valence-corrected chi connectivity index (χ1v) is 12.5. The van der Waals surface area contributed by atoms with Gasteiger partial charge in [-0.2, -0.15) is 0 Å². The SMILES string of the molecule is COC(=O)c1ccc(OC[C@@H]2c3cc(OC)c(OC)cc3CCN2C(=S)Nc2ccc(C)cc2C)cc1. The fourth-order valence-corrected chi connectivity index (χ4v) is 4.90. The Hall–Kier alpha value is -3.78. The van der Waals surface area contributed by atoms with Crippen LogP contribution in [0.4, 0.5) is 5.69 Å². The largest absolute Gasteiger partial charge is 0.493 e. The lowest BCUT2D eigenvalue weighted by Gasteiger charge is -2.39. The third-order valence-electron chi connectivity index (χ3n) is 6.57. The molecule has 1 atom stereocenters. The molecule has 1 aliphatic rings. The lowest BCUT2D eigenvalue weighted by molar-refractivity contribution is 0.0600. The summed E-state index contributed by atoms with van der Waals surface area (Å²) in [6.45, 7) is 5.20. The second kappa shape index (κ2) is 11.5. The van der Waals surface area contributed by atoms with Gasteiger partial charge in [-0.1, -0.05) is 17.7 Å². The van der Waals surface area contributed by atoms with Gasteiger partial charge in [0.05, 0.1) is 32.9 Å². The van der Waals surface area contributed by atoms with Crippen LogP contribution in [0.3, 0.4) is 0 Å². The first-order chi connectivity index (χ1) is 17.8. The molecule has 4 rings (SSSR count). The molecule has 1 aliphatic heterocycles. The molecule has 0 aromatic heterocycles. The van der Waals surface area contributed by atoms with Crippen LogP contribution >= 0.6 is 12.2 Å². The van der Waals surface area contributed by atoms with Gasteiger partial charge in [-0.3, -0.25) is 0 Å². The van der Waals surface area contributed by atoms with Gasteiger partial charge in [0.2, 0.25) is 0 Å². The lowest BCUT2D eigenvalue weighted by atomic mass is 9.92. The molecule has 7 nitrogen and oxygen atoms in total. The van der Waals surface area contributed by atoms with Crippen molar-refractivity contribution in [2.45, 2.75) is 26.3 Å². The summed E-state index contributed by atoms with van der Waals surface area (Å²) in [5, 5.41) is 4.06. The van der Waals surface area contributed by atoms with Gasteiger partial charge in [0.1, 0.15) is 12.4 Å². The number of ether oxygens (including phenoxy) is 4. The minimum Gasteiger partial charge on any atom is -0.493 e. The predicted octanol–water partition coefficient (Wildman–Crippen LogP) is 5.48. The van der Waals surface area contributed by atoms with E-state index in [2.05, 4.69) is 42.3 Å².